The number of pyridine rings is 1. The van der Waals surface area contributed by atoms with Crippen LogP contribution in [0.5, 0.6) is 5.75 Å². The van der Waals surface area contributed by atoms with E-state index in [0.29, 0.717) is 0 Å². The third-order valence-corrected chi connectivity index (χ3v) is 2.38. The number of amides is 1. The Labute approximate surface area is 108 Å². The number of halogens is 3. The molecule has 1 aromatic carbocycles. The fourth-order valence-electron chi connectivity index (χ4n) is 1.61. The molecule has 0 aliphatic rings. The second-order valence-corrected chi connectivity index (χ2v) is 3.74. The Hall–Kier alpha value is -2.55. The Kier molecular flexibility index (Phi) is 3.36. The molecule has 6 nitrogen and oxygen atoms in total. The monoisotopic (exact) mass is 288 g/mol. The average Bonchev–Trinajstić information content (AvgIpc) is 2.36. The molecule has 0 spiro atoms. The van der Waals surface area contributed by atoms with Crippen LogP contribution in [0.4, 0.5) is 13.2 Å². The predicted octanol–water partition coefficient (Wildman–Crippen LogP) is 1.55. The van der Waals surface area contributed by atoms with Crippen molar-refractivity contribution in [1.29, 1.82) is 0 Å². The number of nitrogens with one attached hydrogen (secondary N) is 2. The van der Waals surface area contributed by atoms with Gasteiger partial charge in [-0.15, -0.1) is 13.2 Å². The molecule has 0 unspecified atom stereocenters. The zero-order valence-corrected chi connectivity index (χ0v) is 9.62. The van der Waals surface area contributed by atoms with Crippen LogP contribution in [-0.4, -0.2) is 22.5 Å². The number of carbonyl (C=O) groups excluding carboxylic acids is 1. The van der Waals surface area contributed by atoms with Gasteiger partial charge in [0.25, 0.3) is 5.91 Å². The highest BCUT2D eigenvalue weighted by molar-refractivity contribution is 5.94. The fraction of sp³-hybridized carbons (Fsp3) is 0.0909. The summed E-state index contributed by atoms with van der Waals surface area (Å²) in [5.41, 5.74) is 0.546. The maximum Gasteiger partial charge on any atom is 0.573 e. The number of hydrogen-bond acceptors (Lipinski definition) is 4. The molecule has 0 saturated carbocycles. The summed E-state index contributed by atoms with van der Waals surface area (Å²) in [6.45, 7) is 0. The molecule has 106 valence electrons. The van der Waals surface area contributed by atoms with Crippen LogP contribution in [0.15, 0.2) is 29.1 Å². The van der Waals surface area contributed by atoms with E-state index in [2.05, 4.69) is 9.72 Å². The summed E-state index contributed by atoms with van der Waals surface area (Å²) >= 11 is 0. The molecule has 1 amide bonds. The lowest BCUT2D eigenvalue weighted by Gasteiger charge is -2.09. The van der Waals surface area contributed by atoms with Crippen molar-refractivity contribution in [3.63, 3.8) is 0 Å². The minimum atomic E-state index is -4.86. The van der Waals surface area contributed by atoms with Crippen molar-refractivity contribution in [2.75, 3.05) is 0 Å². The molecule has 0 aliphatic heterocycles. The molecule has 1 aromatic heterocycles. The first-order chi connectivity index (χ1) is 9.30. The van der Waals surface area contributed by atoms with E-state index in [-0.39, 0.29) is 16.6 Å². The molecule has 0 saturated heterocycles. The summed E-state index contributed by atoms with van der Waals surface area (Å²) in [7, 11) is 0. The van der Waals surface area contributed by atoms with Gasteiger partial charge in [-0.1, -0.05) is 0 Å². The highest BCUT2D eigenvalue weighted by Gasteiger charge is 2.31. The van der Waals surface area contributed by atoms with Crippen LogP contribution in [-0.2, 0) is 0 Å². The minimum Gasteiger partial charge on any atom is -0.406 e. The third kappa shape index (κ3) is 2.88. The zero-order chi connectivity index (χ0) is 14.9. The number of ether oxygens (including phenoxy) is 1. The summed E-state index contributed by atoms with van der Waals surface area (Å²) in [4.78, 5) is 25.4. The van der Waals surface area contributed by atoms with E-state index in [1.165, 1.54) is 5.48 Å². The van der Waals surface area contributed by atoms with Crippen molar-refractivity contribution in [2.24, 2.45) is 0 Å². The van der Waals surface area contributed by atoms with Gasteiger partial charge in [0.1, 0.15) is 11.4 Å². The lowest BCUT2D eigenvalue weighted by molar-refractivity contribution is -0.274. The van der Waals surface area contributed by atoms with Gasteiger partial charge in [-0.3, -0.25) is 14.8 Å². The standard InChI is InChI=1S/C11H7F3N2O4/c12-11(13,14)20-5-1-2-7-6(3-5)9(17)4-8(15-7)10(18)16-19/h1-4,19H,(H,15,17)(H,16,18). The van der Waals surface area contributed by atoms with Crippen LogP contribution in [0.1, 0.15) is 10.5 Å². The van der Waals surface area contributed by atoms with Crippen LogP contribution in [0.25, 0.3) is 10.9 Å². The second kappa shape index (κ2) is 4.85. The van der Waals surface area contributed by atoms with Crippen LogP contribution in [0.3, 0.4) is 0 Å². The van der Waals surface area contributed by atoms with Crippen molar-refractivity contribution in [2.45, 2.75) is 6.36 Å². The van der Waals surface area contributed by atoms with Gasteiger partial charge in [0, 0.05) is 11.5 Å². The Bertz CT molecular complexity index is 724. The maximum atomic E-state index is 12.1. The van der Waals surface area contributed by atoms with Crippen molar-refractivity contribution < 1.29 is 27.9 Å². The van der Waals surface area contributed by atoms with Gasteiger partial charge in [-0.2, -0.15) is 0 Å². The molecule has 0 radical (unpaired) electrons. The van der Waals surface area contributed by atoms with E-state index in [4.69, 9.17) is 5.21 Å². The van der Waals surface area contributed by atoms with E-state index < -0.39 is 23.4 Å². The number of aromatic nitrogens is 1. The number of fused-ring (bicyclic) bond motifs is 1. The lowest BCUT2D eigenvalue weighted by Crippen LogP contribution is -2.22. The highest BCUT2D eigenvalue weighted by Crippen LogP contribution is 2.24. The Morgan fingerprint density at radius 2 is 2.00 bits per heavy atom. The van der Waals surface area contributed by atoms with Gasteiger partial charge in [0.2, 0.25) is 0 Å². The van der Waals surface area contributed by atoms with Gasteiger partial charge in [0.15, 0.2) is 5.43 Å². The van der Waals surface area contributed by atoms with E-state index in [0.717, 1.165) is 24.3 Å². The SMILES string of the molecule is O=C(NO)c1cc(=O)c2cc(OC(F)(F)F)ccc2[nH]1. The van der Waals surface area contributed by atoms with Crippen LogP contribution < -0.4 is 15.6 Å². The van der Waals surface area contributed by atoms with Crippen LogP contribution in [0.2, 0.25) is 0 Å². The predicted molar refractivity (Wildman–Crippen MR) is 60.5 cm³/mol. The average molecular weight is 288 g/mol. The summed E-state index contributed by atoms with van der Waals surface area (Å²) < 4.78 is 39.9. The van der Waals surface area contributed by atoms with Gasteiger partial charge in [0.05, 0.1) is 5.52 Å². The van der Waals surface area contributed by atoms with Gasteiger partial charge in [-0.25, -0.2) is 5.48 Å². The number of aromatic amines is 1. The lowest BCUT2D eigenvalue weighted by atomic mass is 10.2. The molecule has 0 atom stereocenters. The topological polar surface area (TPSA) is 91.4 Å². The molecule has 2 rings (SSSR count). The first-order valence-electron chi connectivity index (χ1n) is 5.17. The summed E-state index contributed by atoms with van der Waals surface area (Å²) in [5, 5.41) is 8.37. The van der Waals surface area contributed by atoms with Gasteiger partial charge >= 0.3 is 6.36 Å². The van der Waals surface area contributed by atoms with E-state index in [9.17, 15) is 22.8 Å². The molecule has 3 N–H and O–H groups in total. The van der Waals surface area contributed by atoms with Crippen molar-refractivity contribution >= 4 is 16.8 Å². The van der Waals surface area contributed by atoms with Crippen LogP contribution >= 0.6 is 0 Å². The van der Waals surface area contributed by atoms with E-state index >= 15 is 0 Å². The van der Waals surface area contributed by atoms with Crippen molar-refractivity contribution in [1.82, 2.24) is 10.5 Å². The van der Waals surface area contributed by atoms with Crippen molar-refractivity contribution in [3.8, 4) is 5.75 Å². The molecule has 1 heterocycles. The first-order valence-corrected chi connectivity index (χ1v) is 5.17. The van der Waals surface area contributed by atoms with Gasteiger partial charge in [-0.05, 0) is 18.2 Å². The largest absolute Gasteiger partial charge is 0.573 e. The van der Waals surface area contributed by atoms with Crippen LogP contribution in [0, 0.1) is 0 Å². The van der Waals surface area contributed by atoms with E-state index in [1.807, 2.05) is 0 Å². The molecule has 0 aliphatic carbocycles. The van der Waals surface area contributed by atoms with Crippen molar-refractivity contribution in [3.05, 3.63) is 40.2 Å². The third-order valence-electron chi connectivity index (χ3n) is 2.38. The number of benzene rings is 1. The Balaban J connectivity index is 2.52. The molecule has 0 bridgehead atoms. The number of alkyl halides is 3. The zero-order valence-electron chi connectivity index (χ0n) is 9.62. The quantitative estimate of drug-likeness (QED) is 0.577. The smallest absolute Gasteiger partial charge is 0.406 e. The number of hydroxylamine groups is 1. The van der Waals surface area contributed by atoms with E-state index in [1.54, 1.807) is 0 Å². The van der Waals surface area contributed by atoms with Gasteiger partial charge < -0.3 is 9.72 Å². The summed E-state index contributed by atoms with van der Waals surface area (Å²) in [6, 6.07) is 3.91. The molecular weight excluding hydrogens is 281 g/mol. The maximum absolute atomic E-state index is 12.1. The number of hydrogen-bond donors (Lipinski definition) is 3. The minimum absolute atomic E-state index is 0.0822. The summed E-state index contributed by atoms with van der Waals surface area (Å²) in [5.74, 6) is -1.49. The molecular formula is C11H7F3N2O4. The summed E-state index contributed by atoms with van der Waals surface area (Å²) in [6.07, 6.45) is -4.86. The molecule has 0 fully saturated rings. The highest BCUT2D eigenvalue weighted by atomic mass is 19.4. The molecule has 20 heavy (non-hydrogen) atoms. The second-order valence-electron chi connectivity index (χ2n) is 3.74. The first kappa shape index (κ1) is 13.9. The molecule has 2 aromatic rings. The fourth-order valence-corrected chi connectivity index (χ4v) is 1.61. The Morgan fingerprint density at radius 3 is 2.60 bits per heavy atom. The number of H-pyrrole nitrogens is 1. The normalized spacial score (nSPS) is 11.4. The number of rotatable bonds is 2. The number of carbonyl (C=O) groups is 1. The Morgan fingerprint density at radius 1 is 1.30 bits per heavy atom. The molecule has 9 heteroatoms.